The van der Waals surface area contributed by atoms with Crippen molar-refractivity contribution in [3.8, 4) is 0 Å². The summed E-state index contributed by atoms with van der Waals surface area (Å²) in [6.07, 6.45) is 0. The predicted molar refractivity (Wildman–Crippen MR) is 88.4 cm³/mol. The van der Waals surface area contributed by atoms with Gasteiger partial charge < -0.3 is 4.90 Å². The topological polar surface area (TPSA) is 29.0 Å². The van der Waals surface area contributed by atoms with E-state index in [-0.39, 0.29) is 0 Å². The largest absolute Gasteiger partial charge is 0.325 e. The molecule has 0 aliphatic heterocycles. The quantitative estimate of drug-likeness (QED) is 0.698. The summed E-state index contributed by atoms with van der Waals surface area (Å²) < 4.78 is 0. The maximum atomic E-state index is 6.16. The normalized spacial score (nSPS) is 10.8. The molecule has 0 saturated heterocycles. The number of aryl methyl sites for hydroxylation is 1. The van der Waals surface area contributed by atoms with E-state index in [1.165, 1.54) is 5.56 Å². The first-order valence-electron chi connectivity index (χ1n) is 6.96. The summed E-state index contributed by atoms with van der Waals surface area (Å²) in [5.41, 5.74) is 2.33. The number of hydrogen-bond acceptors (Lipinski definition) is 3. The third-order valence-corrected chi connectivity index (χ3v) is 3.79. The number of nitrogens with zero attached hydrogens (tertiary/aromatic N) is 3. The summed E-state index contributed by atoms with van der Waals surface area (Å²) in [5, 5.41) is 10.8. The molecule has 0 atom stereocenters. The Morgan fingerprint density at radius 3 is 2.48 bits per heavy atom. The summed E-state index contributed by atoms with van der Waals surface area (Å²) in [6.45, 7) is 5.00. The van der Waals surface area contributed by atoms with Gasteiger partial charge in [0, 0.05) is 23.0 Å². The van der Waals surface area contributed by atoms with Crippen molar-refractivity contribution in [2.45, 2.75) is 13.8 Å². The Balaban J connectivity index is 2.20. The van der Waals surface area contributed by atoms with Gasteiger partial charge in [0.1, 0.15) is 0 Å². The molecule has 0 radical (unpaired) electrons. The molecule has 106 valence electrons. The Kier molecular flexibility index (Phi) is 3.76. The van der Waals surface area contributed by atoms with E-state index >= 15 is 0 Å². The van der Waals surface area contributed by atoms with Crippen LogP contribution in [0.5, 0.6) is 0 Å². The molecule has 0 saturated carbocycles. The van der Waals surface area contributed by atoms with Gasteiger partial charge in [-0.05, 0) is 31.5 Å². The Morgan fingerprint density at radius 2 is 1.76 bits per heavy atom. The summed E-state index contributed by atoms with van der Waals surface area (Å²) in [6, 6.07) is 16.3. The lowest BCUT2D eigenvalue weighted by Gasteiger charge is -2.23. The molecular formula is C17H16ClN3. The first kappa shape index (κ1) is 13.8. The zero-order valence-corrected chi connectivity index (χ0v) is 12.8. The van der Waals surface area contributed by atoms with Gasteiger partial charge in [0.25, 0.3) is 0 Å². The molecule has 0 aliphatic rings. The van der Waals surface area contributed by atoms with E-state index in [0.717, 1.165) is 28.8 Å². The molecule has 3 rings (SSSR count). The van der Waals surface area contributed by atoms with Gasteiger partial charge in [-0.3, -0.25) is 0 Å². The fourth-order valence-corrected chi connectivity index (χ4v) is 2.71. The van der Waals surface area contributed by atoms with Crippen LogP contribution in [-0.2, 0) is 0 Å². The molecule has 0 spiro atoms. The Morgan fingerprint density at radius 1 is 1.00 bits per heavy atom. The maximum absolute atomic E-state index is 6.16. The van der Waals surface area contributed by atoms with Crippen molar-refractivity contribution in [3.05, 3.63) is 59.2 Å². The fourth-order valence-electron chi connectivity index (χ4n) is 2.51. The molecule has 4 heteroatoms. The molecule has 0 amide bonds. The minimum Gasteiger partial charge on any atom is -0.325 e. The van der Waals surface area contributed by atoms with Crippen LogP contribution in [0.3, 0.4) is 0 Å². The number of hydrogen-bond donors (Lipinski definition) is 0. The number of halogens is 1. The highest BCUT2D eigenvalue weighted by atomic mass is 35.5. The molecule has 0 N–H and O–H groups in total. The number of fused-ring (bicyclic) bond motifs is 1. The highest BCUT2D eigenvalue weighted by Gasteiger charge is 2.14. The molecule has 1 heterocycles. The van der Waals surface area contributed by atoms with Gasteiger partial charge in [-0.25, -0.2) is 0 Å². The van der Waals surface area contributed by atoms with Crippen LogP contribution in [0.2, 0.25) is 5.15 Å². The lowest BCUT2D eigenvalue weighted by molar-refractivity contribution is 0.945. The summed E-state index contributed by atoms with van der Waals surface area (Å²) >= 11 is 6.16. The first-order chi connectivity index (χ1) is 10.2. The van der Waals surface area contributed by atoms with Crippen LogP contribution in [0.25, 0.3) is 10.8 Å². The zero-order chi connectivity index (χ0) is 14.8. The van der Waals surface area contributed by atoms with Crippen LogP contribution < -0.4 is 4.90 Å². The first-order valence-corrected chi connectivity index (χ1v) is 7.33. The fraction of sp³-hybridized carbons (Fsp3) is 0.176. The monoisotopic (exact) mass is 297 g/mol. The van der Waals surface area contributed by atoms with Gasteiger partial charge >= 0.3 is 0 Å². The van der Waals surface area contributed by atoms with Gasteiger partial charge in [0.05, 0.1) is 0 Å². The van der Waals surface area contributed by atoms with Crippen LogP contribution in [0.4, 0.5) is 11.5 Å². The highest BCUT2D eigenvalue weighted by Crippen LogP contribution is 2.32. The summed E-state index contributed by atoms with van der Waals surface area (Å²) in [7, 11) is 0. The molecular weight excluding hydrogens is 282 g/mol. The molecule has 0 fully saturated rings. The van der Waals surface area contributed by atoms with Crippen molar-refractivity contribution in [3.63, 3.8) is 0 Å². The third kappa shape index (κ3) is 2.57. The summed E-state index contributed by atoms with van der Waals surface area (Å²) in [5.74, 6) is 0.836. The van der Waals surface area contributed by atoms with Gasteiger partial charge in [-0.15, -0.1) is 10.2 Å². The van der Waals surface area contributed by atoms with Crippen molar-refractivity contribution >= 4 is 33.9 Å². The molecule has 0 unspecified atom stereocenters. The SMILES string of the molecule is CCN(c1cccc(C)c1)c1nnc(Cl)c2ccccc12. The second kappa shape index (κ2) is 5.70. The minimum atomic E-state index is 0.439. The molecule has 0 bridgehead atoms. The maximum Gasteiger partial charge on any atom is 0.163 e. The van der Waals surface area contributed by atoms with Gasteiger partial charge in [0.15, 0.2) is 11.0 Å². The lowest BCUT2D eigenvalue weighted by Crippen LogP contribution is -2.18. The average Bonchev–Trinajstić information content (AvgIpc) is 2.51. The van der Waals surface area contributed by atoms with E-state index < -0.39 is 0 Å². The van der Waals surface area contributed by atoms with E-state index in [1.54, 1.807) is 0 Å². The van der Waals surface area contributed by atoms with Crippen LogP contribution in [0, 0.1) is 6.92 Å². The van der Waals surface area contributed by atoms with E-state index in [9.17, 15) is 0 Å². The van der Waals surface area contributed by atoms with Gasteiger partial charge in [-0.1, -0.05) is 48.0 Å². The second-order valence-corrected chi connectivity index (χ2v) is 5.30. The second-order valence-electron chi connectivity index (χ2n) is 4.94. The highest BCUT2D eigenvalue weighted by molar-refractivity contribution is 6.34. The van der Waals surface area contributed by atoms with Gasteiger partial charge in [0.2, 0.25) is 0 Å². The van der Waals surface area contributed by atoms with Crippen molar-refractivity contribution in [1.29, 1.82) is 0 Å². The van der Waals surface area contributed by atoms with Crippen LogP contribution in [0.1, 0.15) is 12.5 Å². The zero-order valence-electron chi connectivity index (χ0n) is 12.0. The molecule has 1 aromatic heterocycles. The van der Waals surface area contributed by atoms with E-state index in [0.29, 0.717) is 5.15 Å². The van der Waals surface area contributed by atoms with E-state index in [2.05, 4.69) is 53.2 Å². The summed E-state index contributed by atoms with van der Waals surface area (Å²) in [4.78, 5) is 2.15. The molecule has 2 aromatic carbocycles. The van der Waals surface area contributed by atoms with Crippen molar-refractivity contribution in [1.82, 2.24) is 10.2 Å². The number of aromatic nitrogens is 2. The average molecular weight is 298 g/mol. The number of rotatable bonds is 3. The Hall–Kier alpha value is -2.13. The third-order valence-electron chi connectivity index (χ3n) is 3.51. The van der Waals surface area contributed by atoms with E-state index in [1.807, 2.05) is 24.3 Å². The predicted octanol–water partition coefficient (Wildman–Crippen LogP) is 4.75. The molecule has 0 aliphatic carbocycles. The van der Waals surface area contributed by atoms with Crippen LogP contribution >= 0.6 is 11.6 Å². The Labute approximate surface area is 129 Å². The van der Waals surface area contributed by atoms with Crippen LogP contribution in [0.15, 0.2) is 48.5 Å². The standard InChI is InChI=1S/C17H16ClN3/c1-3-21(13-8-6-7-12(2)11-13)17-15-10-5-4-9-14(15)16(18)19-20-17/h4-11H,3H2,1-2H3. The number of anilines is 2. The van der Waals surface area contributed by atoms with Crippen LogP contribution in [-0.4, -0.2) is 16.7 Å². The van der Waals surface area contributed by atoms with E-state index in [4.69, 9.17) is 11.6 Å². The lowest BCUT2D eigenvalue weighted by atomic mass is 10.1. The van der Waals surface area contributed by atoms with Crippen molar-refractivity contribution < 1.29 is 0 Å². The Bertz CT molecular complexity index is 786. The smallest absolute Gasteiger partial charge is 0.163 e. The molecule has 3 nitrogen and oxygen atoms in total. The molecule has 3 aromatic rings. The minimum absolute atomic E-state index is 0.439. The number of benzene rings is 2. The van der Waals surface area contributed by atoms with Gasteiger partial charge in [-0.2, -0.15) is 0 Å². The van der Waals surface area contributed by atoms with Crippen molar-refractivity contribution in [2.24, 2.45) is 0 Å². The molecule has 21 heavy (non-hydrogen) atoms. The van der Waals surface area contributed by atoms with Crippen molar-refractivity contribution in [2.75, 3.05) is 11.4 Å².